The Hall–Kier alpha value is -2.14. The molecule has 2 heterocycles. The van der Waals surface area contributed by atoms with Gasteiger partial charge >= 0.3 is 0 Å². The van der Waals surface area contributed by atoms with Crippen LogP contribution >= 0.6 is 11.6 Å². The molecule has 1 aliphatic heterocycles. The summed E-state index contributed by atoms with van der Waals surface area (Å²) in [6.45, 7) is 2.58. The molecule has 0 saturated carbocycles. The van der Waals surface area contributed by atoms with Gasteiger partial charge in [-0.05, 0) is 41.8 Å². The summed E-state index contributed by atoms with van der Waals surface area (Å²) in [7, 11) is 0. The van der Waals surface area contributed by atoms with Gasteiger partial charge < -0.3 is 10.2 Å². The van der Waals surface area contributed by atoms with Crippen molar-refractivity contribution in [2.24, 2.45) is 0 Å². The molecule has 3 rings (SSSR count). The topological polar surface area (TPSA) is 45.2 Å². The minimum atomic E-state index is -0.292. The van der Waals surface area contributed by atoms with E-state index in [4.69, 9.17) is 11.6 Å². The molecular weight excluding hydrogens is 317 g/mol. The smallest absolute Gasteiger partial charge is 0.219 e. The van der Waals surface area contributed by atoms with Gasteiger partial charge in [0.15, 0.2) is 0 Å². The summed E-state index contributed by atoms with van der Waals surface area (Å²) in [5, 5.41) is 3.82. The lowest BCUT2D eigenvalue weighted by Gasteiger charge is -2.20. The molecule has 0 radical (unpaired) electrons. The molecule has 4 nitrogen and oxygen atoms in total. The number of hydrogen-bond acceptors (Lipinski definition) is 3. The van der Waals surface area contributed by atoms with Crippen molar-refractivity contribution < 1.29 is 9.18 Å². The predicted octanol–water partition coefficient (Wildman–Crippen LogP) is 3.78. The van der Waals surface area contributed by atoms with Crippen molar-refractivity contribution in [3.63, 3.8) is 0 Å². The number of amides is 1. The van der Waals surface area contributed by atoms with Crippen molar-refractivity contribution in [1.82, 2.24) is 9.88 Å². The maximum absolute atomic E-state index is 13.6. The zero-order valence-electron chi connectivity index (χ0n) is 12.7. The summed E-state index contributed by atoms with van der Waals surface area (Å²) in [5.41, 5.74) is 2.68. The summed E-state index contributed by atoms with van der Waals surface area (Å²) in [6, 6.07) is 8.31. The van der Waals surface area contributed by atoms with E-state index in [1.165, 1.54) is 19.1 Å². The maximum atomic E-state index is 13.6. The number of fused-ring (bicyclic) bond motifs is 1. The van der Waals surface area contributed by atoms with E-state index in [0.29, 0.717) is 18.2 Å². The van der Waals surface area contributed by atoms with Crippen LogP contribution in [0.25, 0.3) is 0 Å². The van der Waals surface area contributed by atoms with Gasteiger partial charge in [-0.2, -0.15) is 0 Å². The van der Waals surface area contributed by atoms with Gasteiger partial charge in [-0.3, -0.25) is 4.79 Å². The number of pyridine rings is 1. The number of nitrogens with zero attached hydrogens (tertiary/aromatic N) is 2. The number of hydrogen-bond donors (Lipinski definition) is 1. The molecule has 1 atom stereocenters. The van der Waals surface area contributed by atoms with Crippen molar-refractivity contribution in [3.8, 4) is 0 Å². The van der Waals surface area contributed by atoms with Crippen LogP contribution < -0.4 is 5.32 Å². The number of rotatable bonds is 2. The molecule has 1 aliphatic rings. The normalized spacial score (nSPS) is 17.3. The largest absolute Gasteiger partial charge is 0.378 e. The second-order valence-electron chi connectivity index (χ2n) is 5.64. The van der Waals surface area contributed by atoms with Crippen LogP contribution in [0.2, 0.25) is 5.15 Å². The van der Waals surface area contributed by atoms with Crippen LogP contribution in [0.4, 0.5) is 10.1 Å². The number of halogens is 2. The van der Waals surface area contributed by atoms with E-state index in [9.17, 15) is 9.18 Å². The van der Waals surface area contributed by atoms with Gasteiger partial charge in [0.05, 0.1) is 6.04 Å². The Morgan fingerprint density at radius 2 is 2.22 bits per heavy atom. The third kappa shape index (κ3) is 3.62. The molecular formula is C17H17ClFN3O. The first-order valence-corrected chi connectivity index (χ1v) is 7.82. The van der Waals surface area contributed by atoms with Crippen LogP contribution in [0.15, 0.2) is 36.5 Å². The van der Waals surface area contributed by atoms with Crippen LogP contribution in [0.3, 0.4) is 0 Å². The van der Waals surface area contributed by atoms with E-state index < -0.39 is 0 Å². The Morgan fingerprint density at radius 1 is 1.39 bits per heavy atom. The molecule has 1 aromatic heterocycles. The summed E-state index contributed by atoms with van der Waals surface area (Å²) in [4.78, 5) is 17.4. The fourth-order valence-electron chi connectivity index (χ4n) is 2.89. The van der Waals surface area contributed by atoms with Crippen LogP contribution in [0, 0.1) is 5.82 Å². The Labute approximate surface area is 139 Å². The van der Waals surface area contributed by atoms with Crippen molar-refractivity contribution >= 4 is 23.2 Å². The highest BCUT2D eigenvalue weighted by molar-refractivity contribution is 6.29. The average Bonchev–Trinajstić information content (AvgIpc) is 2.67. The molecule has 0 spiro atoms. The fraction of sp³-hybridized carbons (Fsp3) is 0.294. The lowest BCUT2D eigenvalue weighted by atomic mass is 9.99. The Kier molecular flexibility index (Phi) is 4.48. The molecule has 0 aliphatic carbocycles. The molecule has 23 heavy (non-hydrogen) atoms. The van der Waals surface area contributed by atoms with Gasteiger partial charge in [0.1, 0.15) is 11.0 Å². The minimum Gasteiger partial charge on any atom is -0.378 e. The lowest BCUT2D eigenvalue weighted by molar-refractivity contribution is -0.129. The fourth-order valence-corrected chi connectivity index (χ4v) is 3.06. The van der Waals surface area contributed by atoms with Crippen molar-refractivity contribution in [2.75, 3.05) is 11.9 Å². The highest BCUT2D eigenvalue weighted by Gasteiger charge is 2.24. The van der Waals surface area contributed by atoms with E-state index in [1.54, 1.807) is 23.2 Å². The molecule has 1 unspecified atom stereocenters. The Morgan fingerprint density at radius 3 is 2.96 bits per heavy atom. The Balaban J connectivity index is 1.93. The van der Waals surface area contributed by atoms with Gasteiger partial charge in [-0.15, -0.1) is 0 Å². The van der Waals surface area contributed by atoms with Gasteiger partial charge in [-0.25, -0.2) is 9.37 Å². The first kappa shape index (κ1) is 15.7. The monoisotopic (exact) mass is 333 g/mol. The van der Waals surface area contributed by atoms with Crippen LogP contribution in [0.1, 0.15) is 30.5 Å². The summed E-state index contributed by atoms with van der Waals surface area (Å²) in [6.07, 6.45) is 2.37. The second-order valence-corrected chi connectivity index (χ2v) is 6.02. The number of carbonyl (C=O) groups excluding carboxylic acids is 1. The third-order valence-corrected chi connectivity index (χ3v) is 4.25. The average molecular weight is 334 g/mol. The number of benzene rings is 1. The van der Waals surface area contributed by atoms with Crippen LogP contribution in [-0.4, -0.2) is 22.3 Å². The van der Waals surface area contributed by atoms with E-state index >= 15 is 0 Å². The van der Waals surface area contributed by atoms with Gasteiger partial charge in [-0.1, -0.05) is 17.7 Å². The van der Waals surface area contributed by atoms with E-state index in [0.717, 1.165) is 23.2 Å². The number of nitrogens with one attached hydrogen (secondary N) is 1. The second kappa shape index (κ2) is 6.54. The SMILES string of the molecule is CC(=O)N1CCC(Nc2ccnc(Cl)c2)c2ccc(F)cc2C1. The molecule has 0 fully saturated rings. The zero-order valence-corrected chi connectivity index (χ0v) is 13.5. The molecule has 6 heteroatoms. The van der Waals surface area contributed by atoms with Gasteiger partial charge in [0.2, 0.25) is 5.91 Å². The van der Waals surface area contributed by atoms with E-state index in [2.05, 4.69) is 10.3 Å². The molecule has 1 amide bonds. The summed E-state index contributed by atoms with van der Waals surface area (Å²) >= 11 is 5.93. The van der Waals surface area contributed by atoms with Crippen molar-refractivity contribution in [3.05, 3.63) is 58.6 Å². The summed E-state index contributed by atoms with van der Waals surface area (Å²) < 4.78 is 13.6. The molecule has 0 saturated heterocycles. The van der Waals surface area contributed by atoms with Crippen LogP contribution in [-0.2, 0) is 11.3 Å². The standard InChI is InChI=1S/C17H17ClFN3O/c1-11(23)22-7-5-16(21-14-4-6-20-17(18)9-14)15-3-2-13(19)8-12(15)10-22/h2-4,6,8-9,16H,5,7,10H2,1H3,(H,20,21). The number of carbonyl (C=O) groups is 1. The highest BCUT2D eigenvalue weighted by atomic mass is 35.5. The van der Waals surface area contributed by atoms with Gasteiger partial charge in [0.25, 0.3) is 0 Å². The molecule has 1 aromatic carbocycles. The van der Waals surface area contributed by atoms with Crippen molar-refractivity contribution in [2.45, 2.75) is 25.9 Å². The molecule has 1 N–H and O–H groups in total. The molecule has 120 valence electrons. The van der Waals surface area contributed by atoms with Crippen LogP contribution in [0.5, 0.6) is 0 Å². The minimum absolute atomic E-state index is 0.00665. The first-order chi connectivity index (χ1) is 11.0. The quantitative estimate of drug-likeness (QED) is 0.851. The van der Waals surface area contributed by atoms with E-state index in [-0.39, 0.29) is 17.8 Å². The third-order valence-electron chi connectivity index (χ3n) is 4.04. The highest BCUT2D eigenvalue weighted by Crippen LogP contribution is 2.30. The van der Waals surface area contributed by atoms with E-state index in [1.807, 2.05) is 6.07 Å². The molecule has 0 bridgehead atoms. The maximum Gasteiger partial charge on any atom is 0.219 e. The number of aromatic nitrogens is 1. The number of anilines is 1. The molecule has 2 aromatic rings. The Bertz CT molecular complexity index is 738. The predicted molar refractivity (Wildman–Crippen MR) is 87.7 cm³/mol. The lowest BCUT2D eigenvalue weighted by Crippen LogP contribution is -2.28. The van der Waals surface area contributed by atoms with Crippen molar-refractivity contribution in [1.29, 1.82) is 0 Å². The van der Waals surface area contributed by atoms with Gasteiger partial charge in [0, 0.05) is 31.9 Å². The summed E-state index contributed by atoms with van der Waals surface area (Å²) in [5.74, 6) is -0.298. The first-order valence-electron chi connectivity index (χ1n) is 7.45. The zero-order chi connectivity index (χ0) is 16.4.